The number of alkyl carbamates (subject to hydrolysis) is 1. The van der Waals surface area contributed by atoms with E-state index in [9.17, 15) is 4.79 Å². The lowest BCUT2D eigenvalue weighted by atomic mass is 9.99. The van der Waals surface area contributed by atoms with Crippen LogP contribution in [-0.2, 0) is 17.8 Å². The Morgan fingerprint density at radius 1 is 1.00 bits per heavy atom. The predicted molar refractivity (Wildman–Crippen MR) is 118 cm³/mol. The smallest absolute Gasteiger partial charge is 0.407 e. The van der Waals surface area contributed by atoms with Crippen LogP contribution in [0.1, 0.15) is 11.1 Å². The molecule has 0 spiro atoms. The molecule has 0 aromatic heterocycles. The van der Waals surface area contributed by atoms with E-state index in [-0.39, 0.29) is 12.7 Å². The number of para-hydroxylation sites is 1. The van der Waals surface area contributed by atoms with Crippen molar-refractivity contribution in [1.82, 2.24) is 5.32 Å². The molecule has 3 aromatic carbocycles. The number of nitrogens with one attached hydrogen (secondary N) is 1. The normalized spacial score (nSPS) is 14.3. The quantitative estimate of drug-likeness (QED) is 0.606. The van der Waals surface area contributed by atoms with Crippen molar-refractivity contribution in [1.29, 1.82) is 0 Å². The fraction of sp³-hybridized carbons (Fsp3) is 0.240. The van der Waals surface area contributed by atoms with E-state index in [0.29, 0.717) is 18.7 Å². The highest BCUT2D eigenvalue weighted by Gasteiger charge is 2.27. The second-order valence-electron chi connectivity index (χ2n) is 7.25. The minimum absolute atomic E-state index is 0.162. The van der Waals surface area contributed by atoms with Crippen LogP contribution in [0.25, 0.3) is 11.1 Å². The van der Waals surface area contributed by atoms with Gasteiger partial charge in [0.15, 0.2) is 0 Å². The first-order chi connectivity index (χ1) is 15.2. The Labute approximate surface area is 181 Å². The molecule has 6 nitrogen and oxygen atoms in total. The van der Waals surface area contributed by atoms with Gasteiger partial charge in [0.05, 0.1) is 20.8 Å². The highest BCUT2D eigenvalue weighted by Crippen LogP contribution is 2.43. The van der Waals surface area contributed by atoms with Crippen molar-refractivity contribution in [3.05, 3.63) is 77.9 Å². The molecular weight excluding hydrogens is 394 g/mol. The Hall–Kier alpha value is -3.67. The zero-order valence-corrected chi connectivity index (χ0v) is 17.6. The highest BCUT2D eigenvalue weighted by atomic mass is 16.5. The van der Waals surface area contributed by atoms with E-state index >= 15 is 0 Å². The SMILES string of the molecule is COc1ccc(-c2cccc3c2OC(CNC(=O)OCc2ccccc2)C3)c(OC)c1. The van der Waals surface area contributed by atoms with E-state index < -0.39 is 6.09 Å². The average Bonchev–Trinajstić information content (AvgIpc) is 3.25. The molecule has 1 aliphatic heterocycles. The Bertz CT molecular complexity index is 1050. The third kappa shape index (κ3) is 4.74. The standard InChI is InChI=1S/C25H25NO5/c1-28-19-11-12-21(23(14-19)29-2)22-10-6-9-18-13-20(31-24(18)22)15-26-25(27)30-16-17-7-4-3-5-8-17/h3-12,14,20H,13,15-16H2,1-2H3,(H,26,27). The number of benzene rings is 3. The maximum Gasteiger partial charge on any atom is 0.407 e. The number of amides is 1. The molecule has 0 saturated carbocycles. The van der Waals surface area contributed by atoms with Crippen LogP contribution in [0.4, 0.5) is 4.79 Å². The third-order valence-corrected chi connectivity index (χ3v) is 5.21. The molecule has 1 aliphatic rings. The number of fused-ring (bicyclic) bond motifs is 1. The minimum Gasteiger partial charge on any atom is -0.497 e. The largest absolute Gasteiger partial charge is 0.497 e. The van der Waals surface area contributed by atoms with Crippen LogP contribution in [0.15, 0.2) is 66.7 Å². The van der Waals surface area contributed by atoms with Crippen LogP contribution in [0.3, 0.4) is 0 Å². The second kappa shape index (κ2) is 9.43. The predicted octanol–water partition coefficient (Wildman–Crippen LogP) is 4.60. The van der Waals surface area contributed by atoms with Gasteiger partial charge in [-0.25, -0.2) is 4.79 Å². The van der Waals surface area contributed by atoms with Gasteiger partial charge < -0.3 is 24.3 Å². The maximum absolute atomic E-state index is 12.1. The molecule has 6 heteroatoms. The van der Waals surface area contributed by atoms with Crippen molar-refractivity contribution in [3.63, 3.8) is 0 Å². The molecule has 1 N–H and O–H groups in total. The van der Waals surface area contributed by atoms with E-state index in [4.69, 9.17) is 18.9 Å². The van der Waals surface area contributed by atoms with Crippen LogP contribution >= 0.6 is 0 Å². The molecule has 0 fully saturated rings. The lowest BCUT2D eigenvalue weighted by Crippen LogP contribution is -2.34. The Balaban J connectivity index is 1.40. The summed E-state index contributed by atoms with van der Waals surface area (Å²) >= 11 is 0. The number of hydrogen-bond acceptors (Lipinski definition) is 5. The van der Waals surface area contributed by atoms with Crippen molar-refractivity contribution in [2.45, 2.75) is 19.1 Å². The van der Waals surface area contributed by atoms with Gasteiger partial charge in [0.1, 0.15) is 30.0 Å². The monoisotopic (exact) mass is 419 g/mol. The van der Waals surface area contributed by atoms with Crippen molar-refractivity contribution in [3.8, 4) is 28.4 Å². The van der Waals surface area contributed by atoms with E-state index in [0.717, 1.165) is 33.8 Å². The first-order valence-electron chi connectivity index (χ1n) is 10.1. The van der Waals surface area contributed by atoms with Gasteiger partial charge in [-0.15, -0.1) is 0 Å². The van der Waals surface area contributed by atoms with Crippen molar-refractivity contribution in [2.75, 3.05) is 20.8 Å². The summed E-state index contributed by atoms with van der Waals surface area (Å²) in [6.45, 7) is 0.599. The van der Waals surface area contributed by atoms with Gasteiger partial charge in [-0.2, -0.15) is 0 Å². The molecular formula is C25H25NO5. The molecule has 0 aliphatic carbocycles. The first-order valence-corrected chi connectivity index (χ1v) is 10.1. The average molecular weight is 419 g/mol. The van der Waals surface area contributed by atoms with E-state index in [2.05, 4.69) is 5.32 Å². The summed E-state index contributed by atoms with van der Waals surface area (Å²) in [7, 11) is 3.26. The Morgan fingerprint density at radius 3 is 2.61 bits per heavy atom. The molecule has 1 unspecified atom stereocenters. The summed E-state index contributed by atoms with van der Waals surface area (Å²) in [6, 6.07) is 21.3. The zero-order valence-electron chi connectivity index (χ0n) is 17.6. The topological polar surface area (TPSA) is 66.0 Å². The van der Waals surface area contributed by atoms with Gasteiger partial charge in [0.2, 0.25) is 0 Å². The number of ether oxygens (including phenoxy) is 4. The second-order valence-corrected chi connectivity index (χ2v) is 7.25. The van der Waals surface area contributed by atoms with Crippen molar-refractivity contribution >= 4 is 6.09 Å². The number of carbonyl (C=O) groups excluding carboxylic acids is 1. The molecule has 31 heavy (non-hydrogen) atoms. The number of rotatable bonds is 7. The Kier molecular flexibility index (Phi) is 6.26. The summed E-state index contributed by atoms with van der Waals surface area (Å²) in [6.07, 6.45) is 0.0887. The molecule has 160 valence electrons. The fourth-order valence-electron chi connectivity index (χ4n) is 3.66. The van der Waals surface area contributed by atoms with Gasteiger partial charge in [-0.05, 0) is 23.3 Å². The molecule has 0 bridgehead atoms. The van der Waals surface area contributed by atoms with Crippen LogP contribution in [-0.4, -0.2) is 33.0 Å². The van der Waals surface area contributed by atoms with Crippen LogP contribution in [0, 0.1) is 0 Å². The van der Waals surface area contributed by atoms with E-state index in [1.54, 1.807) is 14.2 Å². The summed E-state index contributed by atoms with van der Waals surface area (Å²) in [4.78, 5) is 12.1. The van der Waals surface area contributed by atoms with Gasteiger partial charge in [-0.1, -0.05) is 48.5 Å². The molecule has 0 saturated heterocycles. The van der Waals surface area contributed by atoms with Gasteiger partial charge in [0, 0.05) is 23.6 Å². The molecule has 1 atom stereocenters. The van der Waals surface area contributed by atoms with Crippen LogP contribution in [0.5, 0.6) is 17.2 Å². The fourth-order valence-corrected chi connectivity index (χ4v) is 3.66. The molecule has 4 rings (SSSR count). The number of hydrogen-bond donors (Lipinski definition) is 1. The number of carbonyl (C=O) groups is 1. The van der Waals surface area contributed by atoms with Gasteiger partial charge >= 0.3 is 6.09 Å². The third-order valence-electron chi connectivity index (χ3n) is 5.21. The highest BCUT2D eigenvalue weighted by molar-refractivity contribution is 5.78. The van der Waals surface area contributed by atoms with Crippen molar-refractivity contribution < 1.29 is 23.7 Å². The first kappa shape index (κ1) is 20.6. The molecule has 1 heterocycles. The minimum atomic E-state index is -0.458. The van der Waals surface area contributed by atoms with Crippen molar-refractivity contribution in [2.24, 2.45) is 0 Å². The summed E-state index contributed by atoms with van der Waals surface area (Å²) in [5, 5.41) is 2.80. The zero-order chi connectivity index (χ0) is 21.6. The summed E-state index contributed by atoms with van der Waals surface area (Å²) in [5.74, 6) is 2.25. The molecule has 0 radical (unpaired) electrons. The van der Waals surface area contributed by atoms with E-state index in [1.165, 1.54) is 0 Å². The Morgan fingerprint density at radius 2 is 1.84 bits per heavy atom. The summed E-state index contributed by atoms with van der Waals surface area (Å²) < 4.78 is 22.3. The number of methoxy groups -OCH3 is 2. The van der Waals surface area contributed by atoms with Crippen LogP contribution < -0.4 is 19.5 Å². The van der Waals surface area contributed by atoms with Crippen LogP contribution in [0.2, 0.25) is 0 Å². The lowest BCUT2D eigenvalue weighted by molar-refractivity contribution is 0.133. The molecule has 3 aromatic rings. The van der Waals surface area contributed by atoms with Gasteiger partial charge in [-0.3, -0.25) is 0 Å². The van der Waals surface area contributed by atoms with Gasteiger partial charge in [0.25, 0.3) is 0 Å². The van der Waals surface area contributed by atoms with E-state index in [1.807, 2.05) is 66.7 Å². The maximum atomic E-state index is 12.1. The molecule has 1 amide bonds. The lowest BCUT2D eigenvalue weighted by Gasteiger charge is -2.15. The summed E-state index contributed by atoms with van der Waals surface area (Å²) in [5.41, 5.74) is 3.92.